The van der Waals surface area contributed by atoms with Crippen LogP contribution in [0.2, 0.25) is 0 Å². The molecule has 28 heavy (non-hydrogen) atoms. The number of nitrogens with zero attached hydrogens (tertiary/aromatic N) is 1. The molecule has 0 radical (unpaired) electrons. The molecule has 9 heteroatoms. The molecule has 1 aliphatic rings. The number of rotatable bonds is 4. The van der Waals surface area contributed by atoms with Gasteiger partial charge in [-0.05, 0) is 31.2 Å². The summed E-state index contributed by atoms with van der Waals surface area (Å²) in [4.78, 5) is 26.0. The van der Waals surface area contributed by atoms with Crippen LogP contribution in [-0.4, -0.2) is 49.2 Å². The molecule has 0 bridgehead atoms. The molecular formula is C19H18F3NO5. The van der Waals surface area contributed by atoms with Gasteiger partial charge in [0.1, 0.15) is 5.76 Å². The van der Waals surface area contributed by atoms with Gasteiger partial charge in [-0.25, -0.2) is 4.79 Å². The predicted octanol–water partition coefficient (Wildman–Crippen LogP) is 3.37. The van der Waals surface area contributed by atoms with Crippen LogP contribution in [0.3, 0.4) is 0 Å². The fraction of sp³-hybridized carbons (Fsp3) is 0.368. The van der Waals surface area contributed by atoms with Crippen LogP contribution in [0.25, 0.3) is 11.3 Å². The summed E-state index contributed by atoms with van der Waals surface area (Å²) in [5, 5.41) is 0. The summed E-state index contributed by atoms with van der Waals surface area (Å²) >= 11 is 0. The molecule has 1 aromatic heterocycles. The van der Waals surface area contributed by atoms with E-state index in [0.29, 0.717) is 26.3 Å². The van der Waals surface area contributed by atoms with Gasteiger partial charge in [-0.15, -0.1) is 0 Å². The van der Waals surface area contributed by atoms with Crippen molar-refractivity contribution >= 4 is 11.9 Å². The third-order valence-corrected chi connectivity index (χ3v) is 4.24. The Kier molecular flexibility index (Phi) is 5.73. The van der Waals surface area contributed by atoms with E-state index in [0.717, 1.165) is 12.1 Å². The molecule has 6 nitrogen and oxygen atoms in total. The van der Waals surface area contributed by atoms with Crippen LogP contribution in [0.1, 0.15) is 23.0 Å². The lowest BCUT2D eigenvalue weighted by molar-refractivity contribution is -0.143. The number of amides is 1. The van der Waals surface area contributed by atoms with Crippen molar-refractivity contribution in [3.63, 3.8) is 0 Å². The van der Waals surface area contributed by atoms with Gasteiger partial charge in [0.05, 0.1) is 18.8 Å². The summed E-state index contributed by atoms with van der Waals surface area (Å²) in [5.74, 6) is -1.33. The van der Waals surface area contributed by atoms with Gasteiger partial charge in [-0.2, -0.15) is 13.2 Å². The maximum absolute atomic E-state index is 12.8. The average Bonchev–Trinajstić information content (AvgIpc) is 3.18. The molecule has 0 unspecified atom stereocenters. The van der Waals surface area contributed by atoms with E-state index in [9.17, 15) is 22.8 Å². The Labute approximate surface area is 158 Å². The number of ether oxygens (including phenoxy) is 2. The third-order valence-electron chi connectivity index (χ3n) is 4.24. The summed E-state index contributed by atoms with van der Waals surface area (Å²) in [6, 6.07) is 7.24. The topological polar surface area (TPSA) is 69.0 Å². The molecule has 0 spiro atoms. The largest absolute Gasteiger partial charge is 0.449 e. The van der Waals surface area contributed by atoms with Gasteiger partial charge in [0, 0.05) is 18.7 Å². The number of alkyl halides is 3. The predicted molar refractivity (Wildman–Crippen MR) is 91.4 cm³/mol. The third kappa shape index (κ3) is 4.53. The minimum absolute atomic E-state index is 0.0882. The lowest BCUT2D eigenvalue weighted by Gasteiger charge is -2.28. The van der Waals surface area contributed by atoms with Crippen LogP contribution >= 0.6 is 0 Å². The van der Waals surface area contributed by atoms with Crippen LogP contribution in [0.5, 0.6) is 0 Å². The van der Waals surface area contributed by atoms with E-state index in [1.165, 1.54) is 36.1 Å². The quantitative estimate of drug-likeness (QED) is 0.740. The zero-order chi connectivity index (χ0) is 20.3. The molecule has 1 saturated heterocycles. The van der Waals surface area contributed by atoms with Gasteiger partial charge in [-0.1, -0.05) is 12.1 Å². The van der Waals surface area contributed by atoms with Crippen molar-refractivity contribution in [1.82, 2.24) is 4.90 Å². The second-order valence-corrected chi connectivity index (χ2v) is 6.23. The highest BCUT2D eigenvalue weighted by Crippen LogP contribution is 2.32. The standard InChI is InChI=1S/C19H18F3NO5/c1-12(17(24)23-7-9-26-10-8-23)27-18(25)16-6-5-15(28-16)13-3-2-4-14(11-13)19(20,21)22/h2-6,11-12H,7-10H2,1H3/t12-/m1/s1. The van der Waals surface area contributed by atoms with E-state index in [4.69, 9.17) is 13.9 Å². The Bertz CT molecular complexity index is 855. The number of hydrogen-bond donors (Lipinski definition) is 0. The zero-order valence-electron chi connectivity index (χ0n) is 15.0. The summed E-state index contributed by atoms with van der Waals surface area (Å²) < 4.78 is 54.2. The van der Waals surface area contributed by atoms with Crippen LogP contribution in [0.4, 0.5) is 13.2 Å². The van der Waals surface area contributed by atoms with E-state index < -0.39 is 23.8 Å². The van der Waals surface area contributed by atoms with Crippen LogP contribution in [0.15, 0.2) is 40.8 Å². The molecule has 0 saturated carbocycles. The van der Waals surface area contributed by atoms with E-state index in [2.05, 4.69) is 0 Å². The first-order chi connectivity index (χ1) is 13.3. The second-order valence-electron chi connectivity index (χ2n) is 6.23. The smallest absolute Gasteiger partial charge is 0.416 e. The molecule has 1 aromatic carbocycles. The number of halogens is 3. The van der Waals surface area contributed by atoms with Crippen molar-refractivity contribution in [2.45, 2.75) is 19.2 Å². The van der Waals surface area contributed by atoms with Crippen molar-refractivity contribution in [3.8, 4) is 11.3 Å². The molecule has 150 valence electrons. The van der Waals surface area contributed by atoms with Gasteiger partial charge >= 0.3 is 12.1 Å². The van der Waals surface area contributed by atoms with E-state index in [1.54, 1.807) is 0 Å². The molecule has 0 N–H and O–H groups in total. The lowest BCUT2D eigenvalue weighted by atomic mass is 10.1. The minimum atomic E-state index is -4.49. The number of esters is 1. The molecule has 1 atom stereocenters. The summed E-state index contributed by atoms with van der Waals surface area (Å²) in [7, 11) is 0. The van der Waals surface area contributed by atoms with Gasteiger partial charge in [0.15, 0.2) is 6.10 Å². The van der Waals surface area contributed by atoms with Crippen LogP contribution < -0.4 is 0 Å². The summed E-state index contributed by atoms with van der Waals surface area (Å²) in [6.45, 7) is 3.13. The molecule has 2 heterocycles. The van der Waals surface area contributed by atoms with E-state index >= 15 is 0 Å². The normalized spacial score (nSPS) is 15.9. The Balaban J connectivity index is 1.68. The zero-order valence-corrected chi connectivity index (χ0v) is 15.0. The van der Waals surface area contributed by atoms with Gasteiger partial charge in [0.25, 0.3) is 5.91 Å². The number of carbonyl (C=O) groups excluding carboxylic acids is 2. The molecular weight excluding hydrogens is 379 g/mol. The van der Waals surface area contributed by atoms with Gasteiger partial charge < -0.3 is 18.8 Å². The van der Waals surface area contributed by atoms with Crippen molar-refractivity contribution in [2.24, 2.45) is 0 Å². The van der Waals surface area contributed by atoms with Gasteiger partial charge in [-0.3, -0.25) is 4.79 Å². The number of furan rings is 1. The first kappa shape index (κ1) is 19.9. The highest BCUT2D eigenvalue weighted by molar-refractivity contribution is 5.90. The summed E-state index contributed by atoms with van der Waals surface area (Å²) in [6.07, 6.45) is -5.51. The first-order valence-corrected chi connectivity index (χ1v) is 8.60. The number of benzene rings is 1. The molecule has 3 rings (SSSR count). The fourth-order valence-corrected chi connectivity index (χ4v) is 2.76. The van der Waals surface area contributed by atoms with Crippen LogP contribution in [-0.2, 0) is 20.4 Å². The monoisotopic (exact) mass is 397 g/mol. The Morgan fingerprint density at radius 2 is 1.86 bits per heavy atom. The molecule has 0 aliphatic carbocycles. The van der Waals surface area contributed by atoms with E-state index in [1.807, 2.05) is 0 Å². The molecule has 1 aliphatic heterocycles. The summed E-state index contributed by atoms with van der Waals surface area (Å²) in [5.41, 5.74) is -0.651. The molecule has 1 amide bonds. The Morgan fingerprint density at radius 3 is 2.54 bits per heavy atom. The SMILES string of the molecule is C[C@@H](OC(=O)c1ccc(-c2cccc(C(F)(F)F)c2)o1)C(=O)N1CCOCC1. The van der Waals surface area contributed by atoms with Crippen molar-refractivity contribution in [3.05, 3.63) is 47.7 Å². The average molecular weight is 397 g/mol. The second kappa shape index (κ2) is 8.05. The highest BCUT2D eigenvalue weighted by Gasteiger charge is 2.31. The Hall–Kier alpha value is -2.81. The van der Waals surface area contributed by atoms with Crippen LogP contribution in [0, 0.1) is 0 Å². The fourth-order valence-electron chi connectivity index (χ4n) is 2.76. The van der Waals surface area contributed by atoms with Crippen molar-refractivity contribution in [1.29, 1.82) is 0 Å². The lowest BCUT2D eigenvalue weighted by Crippen LogP contribution is -2.46. The van der Waals surface area contributed by atoms with Crippen molar-refractivity contribution < 1.29 is 36.7 Å². The van der Waals surface area contributed by atoms with Crippen molar-refractivity contribution in [2.75, 3.05) is 26.3 Å². The van der Waals surface area contributed by atoms with Gasteiger partial charge in [0.2, 0.25) is 5.76 Å². The maximum atomic E-state index is 12.8. The first-order valence-electron chi connectivity index (χ1n) is 8.60. The number of carbonyl (C=O) groups is 2. The molecule has 2 aromatic rings. The number of morpholine rings is 1. The maximum Gasteiger partial charge on any atom is 0.416 e. The number of hydrogen-bond acceptors (Lipinski definition) is 5. The molecule has 1 fully saturated rings. The Morgan fingerprint density at radius 1 is 1.14 bits per heavy atom. The van der Waals surface area contributed by atoms with E-state index in [-0.39, 0.29) is 23.0 Å². The minimum Gasteiger partial charge on any atom is -0.449 e. The highest BCUT2D eigenvalue weighted by atomic mass is 19.4.